The highest BCUT2D eigenvalue weighted by molar-refractivity contribution is 7.92. The summed E-state index contributed by atoms with van der Waals surface area (Å²) in [6.07, 6.45) is 4.04. The zero-order valence-electron chi connectivity index (χ0n) is 26.2. The van der Waals surface area contributed by atoms with Crippen molar-refractivity contribution in [1.29, 1.82) is 0 Å². The van der Waals surface area contributed by atoms with Crippen molar-refractivity contribution >= 4 is 33.4 Å². The Kier molecular flexibility index (Phi) is 9.84. The Morgan fingerprint density at radius 3 is 2.52 bits per heavy atom. The summed E-state index contributed by atoms with van der Waals surface area (Å²) in [5.41, 5.74) is 2.61. The SMILES string of the molecule is CCN1CCC[C@H]1CNC(=O)Oc1cn(-c2cc(C(=O)Nc3cc(C(C)(C)C)cc(NS(C)(=O)=O)c3OC)ccc2C)nn1. The number of hydrogen-bond acceptors (Lipinski definition) is 9. The summed E-state index contributed by atoms with van der Waals surface area (Å²) < 4.78 is 38.9. The lowest BCUT2D eigenvalue weighted by Gasteiger charge is -2.24. The minimum absolute atomic E-state index is 0.0187. The molecule has 13 nitrogen and oxygen atoms in total. The Balaban J connectivity index is 1.53. The molecule has 1 saturated heterocycles. The zero-order valence-corrected chi connectivity index (χ0v) is 27.0. The first kappa shape index (κ1) is 32.7. The Bertz CT molecular complexity index is 1630. The first-order valence-electron chi connectivity index (χ1n) is 14.4. The summed E-state index contributed by atoms with van der Waals surface area (Å²) >= 11 is 0. The molecule has 0 unspecified atom stereocenters. The Morgan fingerprint density at radius 1 is 1.14 bits per heavy atom. The molecular formula is C30H41N7O6S. The molecule has 0 spiro atoms. The van der Waals surface area contributed by atoms with Gasteiger partial charge < -0.3 is 20.1 Å². The number of aryl methyl sites for hydroxylation is 1. The molecule has 1 aliphatic heterocycles. The van der Waals surface area contributed by atoms with E-state index in [4.69, 9.17) is 9.47 Å². The molecule has 1 aromatic heterocycles. The topological polar surface area (TPSA) is 157 Å². The van der Waals surface area contributed by atoms with Crippen LogP contribution in [0.3, 0.4) is 0 Å². The van der Waals surface area contributed by atoms with Crippen molar-refractivity contribution in [2.45, 2.75) is 58.9 Å². The summed E-state index contributed by atoms with van der Waals surface area (Å²) in [7, 11) is -2.22. The van der Waals surface area contributed by atoms with E-state index in [2.05, 4.69) is 37.5 Å². The van der Waals surface area contributed by atoms with Crippen LogP contribution >= 0.6 is 0 Å². The molecule has 2 amide bonds. The van der Waals surface area contributed by atoms with Crippen LogP contribution in [0.15, 0.2) is 36.5 Å². The molecule has 0 aliphatic carbocycles. The van der Waals surface area contributed by atoms with Crippen molar-refractivity contribution < 1.29 is 27.5 Å². The summed E-state index contributed by atoms with van der Waals surface area (Å²) in [5.74, 6) is -0.258. The Morgan fingerprint density at radius 2 is 1.86 bits per heavy atom. The predicted octanol–water partition coefficient (Wildman–Crippen LogP) is 4.08. The van der Waals surface area contributed by atoms with Crippen LogP contribution in [0.5, 0.6) is 11.6 Å². The van der Waals surface area contributed by atoms with E-state index in [-0.39, 0.29) is 22.7 Å². The minimum Gasteiger partial charge on any atom is -0.492 e. The van der Waals surface area contributed by atoms with Gasteiger partial charge in [-0.05, 0) is 73.7 Å². The van der Waals surface area contributed by atoms with Crippen LogP contribution in [0, 0.1) is 6.92 Å². The summed E-state index contributed by atoms with van der Waals surface area (Å²) in [6.45, 7) is 12.3. The number of amides is 2. The molecule has 0 radical (unpaired) electrons. The number of anilines is 2. The number of carbonyl (C=O) groups is 2. The fourth-order valence-corrected chi connectivity index (χ4v) is 5.68. The van der Waals surface area contributed by atoms with E-state index in [0.717, 1.165) is 43.3 Å². The first-order valence-corrected chi connectivity index (χ1v) is 16.3. The smallest absolute Gasteiger partial charge is 0.414 e. The van der Waals surface area contributed by atoms with E-state index < -0.39 is 22.0 Å². The number of carbonyl (C=O) groups excluding carboxylic acids is 2. The van der Waals surface area contributed by atoms with Crippen LogP contribution in [0.25, 0.3) is 5.69 Å². The largest absolute Gasteiger partial charge is 0.492 e. The maximum atomic E-state index is 13.5. The maximum absolute atomic E-state index is 13.5. The van der Waals surface area contributed by atoms with E-state index in [1.807, 2.05) is 27.7 Å². The lowest BCUT2D eigenvalue weighted by atomic mass is 9.86. The highest BCUT2D eigenvalue weighted by Crippen LogP contribution is 2.39. The third kappa shape index (κ3) is 8.05. The van der Waals surface area contributed by atoms with Gasteiger partial charge in [0.15, 0.2) is 5.75 Å². The average molecular weight is 628 g/mol. The van der Waals surface area contributed by atoms with Gasteiger partial charge in [-0.1, -0.05) is 44.1 Å². The second kappa shape index (κ2) is 13.2. The number of sulfonamides is 1. The Labute approximate surface area is 258 Å². The van der Waals surface area contributed by atoms with Gasteiger partial charge in [0.1, 0.15) is 0 Å². The van der Waals surface area contributed by atoms with Crippen LogP contribution in [-0.4, -0.2) is 79.4 Å². The predicted molar refractivity (Wildman–Crippen MR) is 169 cm³/mol. The van der Waals surface area contributed by atoms with Gasteiger partial charge in [0.25, 0.3) is 11.8 Å². The van der Waals surface area contributed by atoms with E-state index in [1.54, 1.807) is 30.3 Å². The highest BCUT2D eigenvalue weighted by Gasteiger charge is 2.25. The summed E-state index contributed by atoms with van der Waals surface area (Å²) in [5, 5.41) is 13.7. The molecular weight excluding hydrogens is 586 g/mol. The van der Waals surface area contributed by atoms with Gasteiger partial charge in [0.05, 0.1) is 36.6 Å². The first-order chi connectivity index (χ1) is 20.7. The lowest BCUT2D eigenvalue weighted by molar-refractivity contribution is 0.102. The number of nitrogens with zero attached hydrogens (tertiary/aromatic N) is 4. The number of nitrogens with one attached hydrogen (secondary N) is 3. The van der Waals surface area contributed by atoms with Crippen LogP contribution in [-0.2, 0) is 15.4 Å². The molecule has 1 aliphatic rings. The number of methoxy groups -OCH3 is 1. The van der Waals surface area contributed by atoms with Crippen LogP contribution < -0.4 is 24.8 Å². The number of likely N-dealkylation sites (N-methyl/N-ethyl adjacent to an activating group) is 1. The van der Waals surface area contributed by atoms with Gasteiger partial charge >= 0.3 is 6.09 Å². The van der Waals surface area contributed by atoms with Gasteiger partial charge in [-0.15, -0.1) is 0 Å². The minimum atomic E-state index is -3.62. The van der Waals surface area contributed by atoms with Crippen molar-refractivity contribution in [2.75, 3.05) is 43.0 Å². The van der Waals surface area contributed by atoms with Crippen molar-refractivity contribution in [3.05, 3.63) is 53.2 Å². The van der Waals surface area contributed by atoms with E-state index in [1.165, 1.54) is 18.0 Å². The molecule has 3 aromatic rings. The number of likely N-dealkylation sites (tertiary alicyclic amines) is 1. The summed E-state index contributed by atoms with van der Waals surface area (Å²) in [6, 6.07) is 8.81. The molecule has 44 heavy (non-hydrogen) atoms. The number of ether oxygens (including phenoxy) is 2. The van der Waals surface area contributed by atoms with Crippen molar-refractivity contribution in [3.63, 3.8) is 0 Å². The molecule has 3 N–H and O–H groups in total. The van der Waals surface area contributed by atoms with Crippen LogP contribution in [0.2, 0.25) is 0 Å². The van der Waals surface area contributed by atoms with Gasteiger partial charge in [0.2, 0.25) is 10.0 Å². The average Bonchev–Trinajstić information content (AvgIpc) is 3.60. The molecule has 4 rings (SSSR count). The van der Waals surface area contributed by atoms with Gasteiger partial charge in [-0.3, -0.25) is 14.4 Å². The van der Waals surface area contributed by atoms with Crippen molar-refractivity contribution in [1.82, 2.24) is 25.2 Å². The third-order valence-corrected chi connectivity index (χ3v) is 8.07. The second-order valence-electron chi connectivity index (χ2n) is 11.9. The van der Waals surface area contributed by atoms with Crippen molar-refractivity contribution in [2.24, 2.45) is 0 Å². The molecule has 2 heterocycles. The fraction of sp³-hybridized carbons (Fsp3) is 0.467. The van der Waals surface area contributed by atoms with Gasteiger partial charge in [0, 0.05) is 18.2 Å². The molecule has 0 bridgehead atoms. The standard InChI is InChI=1S/C30H41N7O6S/c1-8-36-13-9-10-22(36)17-31-29(39)43-26-18-37(35-33-26)25-14-20(12-11-19(25)2)28(38)32-23-15-21(30(3,4)5)16-24(27(23)42-6)34-44(7,40)41/h11-12,14-16,18,22,34H,8-10,13,17H2,1-7H3,(H,31,39)(H,32,38)/t22-/m0/s1. The molecule has 14 heteroatoms. The third-order valence-electron chi connectivity index (χ3n) is 7.48. The fourth-order valence-electron chi connectivity index (χ4n) is 5.13. The number of hydrogen-bond donors (Lipinski definition) is 3. The molecule has 0 saturated carbocycles. The number of aromatic nitrogens is 3. The Hall–Kier alpha value is -4.17. The van der Waals surface area contributed by atoms with Crippen molar-refractivity contribution in [3.8, 4) is 17.3 Å². The molecule has 1 fully saturated rings. The monoisotopic (exact) mass is 627 g/mol. The number of benzene rings is 2. The second-order valence-corrected chi connectivity index (χ2v) is 13.6. The molecule has 238 valence electrons. The zero-order chi connectivity index (χ0) is 32.2. The van der Waals surface area contributed by atoms with E-state index in [0.29, 0.717) is 29.5 Å². The van der Waals surface area contributed by atoms with Gasteiger partial charge in [-0.25, -0.2) is 17.9 Å². The van der Waals surface area contributed by atoms with E-state index >= 15 is 0 Å². The number of rotatable bonds is 10. The highest BCUT2D eigenvalue weighted by atomic mass is 32.2. The van der Waals surface area contributed by atoms with Crippen LogP contribution in [0.1, 0.15) is 62.0 Å². The lowest BCUT2D eigenvalue weighted by Crippen LogP contribution is -2.41. The van der Waals surface area contributed by atoms with Gasteiger partial charge in [-0.2, -0.15) is 0 Å². The molecule has 1 atom stereocenters. The molecule has 2 aromatic carbocycles. The quantitative estimate of drug-likeness (QED) is 0.301. The van der Waals surface area contributed by atoms with Crippen LogP contribution in [0.4, 0.5) is 16.2 Å². The normalized spacial score (nSPS) is 15.6. The maximum Gasteiger partial charge on any atom is 0.414 e. The van der Waals surface area contributed by atoms with E-state index in [9.17, 15) is 18.0 Å². The summed E-state index contributed by atoms with van der Waals surface area (Å²) in [4.78, 5) is 28.2.